The Morgan fingerprint density at radius 3 is 2.64 bits per heavy atom. The number of hydrogen-bond acceptors (Lipinski definition) is 2. The highest BCUT2D eigenvalue weighted by molar-refractivity contribution is 5.67. The molecule has 0 saturated heterocycles. The van der Waals surface area contributed by atoms with Crippen molar-refractivity contribution in [3.63, 3.8) is 0 Å². The molecule has 2 heteroatoms. The maximum absolute atomic E-state index is 5.70. The van der Waals surface area contributed by atoms with Crippen molar-refractivity contribution >= 4 is 11.8 Å². The number of benzene rings is 1. The Bertz CT molecular complexity index is 257. The molecule has 11 heavy (non-hydrogen) atoms. The van der Waals surface area contributed by atoms with Gasteiger partial charge in [0.05, 0.1) is 0 Å². The van der Waals surface area contributed by atoms with Crippen LogP contribution < -0.4 is 11.5 Å². The molecule has 2 nitrogen and oxygen atoms in total. The van der Waals surface area contributed by atoms with Crippen LogP contribution in [0.15, 0.2) is 24.4 Å². The second kappa shape index (κ2) is 3.10. The van der Waals surface area contributed by atoms with Crippen molar-refractivity contribution in [3.05, 3.63) is 35.5 Å². The fourth-order valence-electron chi connectivity index (χ4n) is 1.03. The van der Waals surface area contributed by atoms with Gasteiger partial charge >= 0.3 is 0 Å². The van der Waals surface area contributed by atoms with E-state index in [0.29, 0.717) is 0 Å². The Morgan fingerprint density at radius 1 is 1.36 bits per heavy atom. The second-order valence-corrected chi connectivity index (χ2v) is 2.44. The van der Waals surface area contributed by atoms with Gasteiger partial charge in [0.2, 0.25) is 0 Å². The number of nitrogen functional groups attached to an aromatic ring is 1. The van der Waals surface area contributed by atoms with Crippen LogP contribution in [-0.4, -0.2) is 0 Å². The third-order valence-electron chi connectivity index (χ3n) is 1.62. The van der Waals surface area contributed by atoms with Crippen molar-refractivity contribution in [3.8, 4) is 0 Å². The Balaban J connectivity index is 3.20. The highest BCUT2D eigenvalue weighted by Crippen LogP contribution is 2.16. The Labute approximate surface area is 66.5 Å². The molecule has 1 aromatic rings. The lowest BCUT2D eigenvalue weighted by atomic mass is 10.1. The van der Waals surface area contributed by atoms with Crippen molar-refractivity contribution < 1.29 is 0 Å². The van der Waals surface area contributed by atoms with Gasteiger partial charge in [-0.1, -0.05) is 12.1 Å². The van der Waals surface area contributed by atoms with E-state index in [4.69, 9.17) is 11.5 Å². The van der Waals surface area contributed by atoms with Gasteiger partial charge in [0.15, 0.2) is 0 Å². The van der Waals surface area contributed by atoms with E-state index in [1.165, 1.54) is 6.20 Å². The molecule has 0 aliphatic heterocycles. The highest BCUT2D eigenvalue weighted by atomic mass is 14.6. The molecule has 0 saturated carbocycles. The minimum Gasteiger partial charge on any atom is -0.405 e. The Kier molecular flexibility index (Phi) is 2.16. The molecule has 0 radical (unpaired) electrons. The minimum atomic E-state index is 0.770. The summed E-state index contributed by atoms with van der Waals surface area (Å²) in [6, 6.07) is 5.80. The fraction of sp³-hybridized carbons (Fsp3) is 0.111. The molecule has 0 aliphatic rings. The van der Waals surface area contributed by atoms with Gasteiger partial charge in [-0.25, -0.2) is 0 Å². The normalized spacial score (nSPS) is 10.6. The van der Waals surface area contributed by atoms with Crippen LogP contribution in [0.2, 0.25) is 0 Å². The van der Waals surface area contributed by atoms with Crippen LogP contribution in [-0.2, 0) is 0 Å². The molecule has 0 fully saturated rings. The summed E-state index contributed by atoms with van der Waals surface area (Å²) in [6.45, 7) is 2.01. The standard InChI is InChI=1S/C9H12N2/c1-7-3-2-4-9(11)8(7)5-6-10/h2-6H,10-11H2,1H3/b6-5-. The Hall–Kier alpha value is -1.44. The monoisotopic (exact) mass is 148 g/mol. The topological polar surface area (TPSA) is 52.0 Å². The van der Waals surface area contributed by atoms with E-state index in [2.05, 4.69) is 0 Å². The average Bonchev–Trinajstić information content (AvgIpc) is 1.97. The number of nitrogens with two attached hydrogens (primary N) is 2. The number of hydrogen-bond donors (Lipinski definition) is 2. The van der Waals surface area contributed by atoms with Gasteiger partial charge in [-0.3, -0.25) is 0 Å². The first-order valence-corrected chi connectivity index (χ1v) is 3.49. The van der Waals surface area contributed by atoms with E-state index in [1.807, 2.05) is 31.2 Å². The molecular formula is C9H12N2. The highest BCUT2D eigenvalue weighted by Gasteiger charge is 1.96. The van der Waals surface area contributed by atoms with Gasteiger partial charge in [-0.15, -0.1) is 0 Å². The van der Waals surface area contributed by atoms with Gasteiger partial charge in [-0.2, -0.15) is 0 Å². The van der Waals surface area contributed by atoms with Gasteiger partial charge in [0.25, 0.3) is 0 Å². The summed E-state index contributed by atoms with van der Waals surface area (Å²) in [7, 11) is 0. The molecule has 0 heterocycles. The van der Waals surface area contributed by atoms with E-state index in [0.717, 1.165) is 16.8 Å². The van der Waals surface area contributed by atoms with Gasteiger partial charge in [0, 0.05) is 11.3 Å². The Morgan fingerprint density at radius 2 is 2.09 bits per heavy atom. The van der Waals surface area contributed by atoms with Gasteiger partial charge < -0.3 is 11.5 Å². The summed E-state index contributed by atoms with van der Waals surface area (Å²) >= 11 is 0. The van der Waals surface area contributed by atoms with E-state index in [1.54, 1.807) is 0 Å². The van der Waals surface area contributed by atoms with Crippen LogP contribution in [0.5, 0.6) is 0 Å². The zero-order valence-corrected chi connectivity index (χ0v) is 6.54. The van der Waals surface area contributed by atoms with E-state index >= 15 is 0 Å². The SMILES string of the molecule is Cc1cccc(N)c1/C=C\N. The van der Waals surface area contributed by atoms with Crippen molar-refractivity contribution in [1.82, 2.24) is 0 Å². The molecule has 0 aromatic heterocycles. The predicted molar refractivity (Wildman–Crippen MR) is 48.8 cm³/mol. The van der Waals surface area contributed by atoms with Crippen molar-refractivity contribution in [1.29, 1.82) is 0 Å². The first-order valence-electron chi connectivity index (χ1n) is 3.49. The molecule has 1 rings (SSSR count). The van der Waals surface area contributed by atoms with Crippen LogP contribution in [0.4, 0.5) is 5.69 Å². The van der Waals surface area contributed by atoms with Crippen LogP contribution in [0.3, 0.4) is 0 Å². The first-order chi connectivity index (χ1) is 5.25. The third-order valence-corrected chi connectivity index (χ3v) is 1.62. The molecular weight excluding hydrogens is 136 g/mol. The van der Waals surface area contributed by atoms with Crippen molar-refractivity contribution in [2.75, 3.05) is 5.73 Å². The lowest BCUT2D eigenvalue weighted by molar-refractivity contribution is 1.44. The molecule has 0 spiro atoms. The van der Waals surface area contributed by atoms with Crippen LogP contribution in [0.1, 0.15) is 11.1 Å². The van der Waals surface area contributed by atoms with E-state index < -0.39 is 0 Å². The maximum Gasteiger partial charge on any atom is 0.0390 e. The number of aryl methyl sites for hydroxylation is 1. The first kappa shape index (κ1) is 7.66. The van der Waals surface area contributed by atoms with Crippen LogP contribution in [0.25, 0.3) is 6.08 Å². The molecule has 58 valence electrons. The smallest absolute Gasteiger partial charge is 0.0390 e. The number of rotatable bonds is 1. The van der Waals surface area contributed by atoms with Gasteiger partial charge in [-0.05, 0) is 30.8 Å². The summed E-state index contributed by atoms with van der Waals surface area (Å²) in [5.74, 6) is 0. The zero-order chi connectivity index (χ0) is 8.27. The quantitative estimate of drug-likeness (QED) is 0.593. The van der Waals surface area contributed by atoms with Crippen LogP contribution >= 0.6 is 0 Å². The second-order valence-electron chi connectivity index (χ2n) is 2.44. The fourth-order valence-corrected chi connectivity index (χ4v) is 1.03. The van der Waals surface area contributed by atoms with E-state index in [-0.39, 0.29) is 0 Å². The largest absolute Gasteiger partial charge is 0.405 e. The van der Waals surface area contributed by atoms with Crippen molar-refractivity contribution in [2.45, 2.75) is 6.92 Å². The molecule has 0 aliphatic carbocycles. The lowest BCUT2D eigenvalue weighted by Gasteiger charge is -2.02. The summed E-state index contributed by atoms with van der Waals surface area (Å²) in [5.41, 5.74) is 13.9. The summed E-state index contributed by atoms with van der Waals surface area (Å²) in [6.07, 6.45) is 3.31. The molecule has 0 bridgehead atoms. The lowest BCUT2D eigenvalue weighted by Crippen LogP contribution is -1.92. The number of anilines is 1. The molecule has 4 N–H and O–H groups in total. The molecule has 0 unspecified atom stereocenters. The van der Waals surface area contributed by atoms with Crippen molar-refractivity contribution in [2.24, 2.45) is 5.73 Å². The summed E-state index contributed by atoms with van der Waals surface area (Å²) < 4.78 is 0. The van der Waals surface area contributed by atoms with Crippen LogP contribution in [0, 0.1) is 6.92 Å². The molecule has 0 amide bonds. The average molecular weight is 148 g/mol. The summed E-state index contributed by atoms with van der Waals surface area (Å²) in [5, 5.41) is 0. The molecule has 0 atom stereocenters. The maximum atomic E-state index is 5.70. The predicted octanol–water partition coefficient (Wildman–Crippen LogP) is 1.51. The molecule has 1 aromatic carbocycles. The summed E-state index contributed by atoms with van der Waals surface area (Å²) in [4.78, 5) is 0. The minimum absolute atomic E-state index is 0.770. The zero-order valence-electron chi connectivity index (χ0n) is 6.54. The van der Waals surface area contributed by atoms with E-state index in [9.17, 15) is 0 Å². The third kappa shape index (κ3) is 1.52. The van der Waals surface area contributed by atoms with Gasteiger partial charge in [0.1, 0.15) is 0 Å².